The Morgan fingerprint density at radius 2 is 1.85 bits per heavy atom. The average Bonchev–Trinajstić information content (AvgIpc) is 3.02. The van der Waals surface area contributed by atoms with E-state index >= 15 is 0 Å². The highest BCUT2D eigenvalue weighted by Gasteiger charge is 2.26. The molecule has 0 unspecified atom stereocenters. The average molecular weight is 367 g/mol. The van der Waals surface area contributed by atoms with Crippen LogP contribution < -0.4 is 15.2 Å². The number of rotatable bonds is 10. The first-order valence-electron chi connectivity index (χ1n) is 10.1. The van der Waals surface area contributed by atoms with Crippen molar-refractivity contribution < 1.29 is 9.53 Å². The van der Waals surface area contributed by atoms with E-state index in [9.17, 15) is 4.79 Å². The lowest BCUT2D eigenvalue weighted by Crippen LogP contribution is -2.34. The number of carbonyl (C=O) groups is 1. The summed E-state index contributed by atoms with van der Waals surface area (Å²) in [5.41, 5.74) is 4.54. The zero-order valence-electron chi connectivity index (χ0n) is 16.3. The van der Waals surface area contributed by atoms with E-state index in [1.54, 1.807) is 5.01 Å². The van der Waals surface area contributed by atoms with Crippen LogP contribution in [0.15, 0.2) is 48.6 Å². The number of benzene rings is 2. The lowest BCUT2D eigenvalue weighted by molar-refractivity contribution is -0.114. The van der Waals surface area contributed by atoms with Gasteiger partial charge in [-0.3, -0.25) is 4.79 Å². The van der Waals surface area contributed by atoms with E-state index in [-0.39, 0.29) is 5.91 Å². The van der Waals surface area contributed by atoms with Gasteiger partial charge in [-0.1, -0.05) is 64.2 Å². The number of nitrogens with zero attached hydrogens (tertiary/aromatic N) is 1. The van der Waals surface area contributed by atoms with Crippen LogP contribution in [0.4, 0.5) is 5.69 Å². The van der Waals surface area contributed by atoms with Gasteiger partial charge in [-0.25, -0.2) is 10.4 Å². The fourth-order valence-electron chi connectivity index (χ4n) is 3.45. The Morgan fingerprint density at radius 1 is 1.07 bits per heavy atom. The molecule has 144 valence electrons. The molecule has 3 rings (SSSR count). The Balaban J connectivity index is 1.57. The standard InChI is InChI=1S/C23H30N2O2/c1-3-4-5-6-7-8-9-15-27-20-13-14-21-19(16-20)11-10-12-22(21)25-23(26)18(2)17-24-25/h10-14,16,24H,2-9,15,17H2,1H3. The molecule has 0 spiro atoms. The van der Waals surface area contributed by atoms with Crippen molar-refractivity contribution in [2.45, 2.75) is 51.9 Å². The summed E-state index contributed by atoms with van der Waals surface area (Å²) in [5.74, 6) is 0.817. The third-order valence-electron chi connectivity index (χ3n) is 5.04. The molecule has 1 aliphatic heterocycles. The van der Waals surface area contributed by atoms with Crippen molar-refractivity contribution in [3.8, 4) is 5.75 Å². The molecule has 2 aromatic carbocycles. The molecule has 0 bridgehead atoms. The minimum absolute atomic E-state index is 0.0678. The smallest absolute Gasteiger partial charge is 0.269 e. The van der Waals surface area contributed by atoms with Gasteiger partial charge in [-0.15, -0.1) is 0 Å². The van der Waals surface area contributed by atoms with E-state index in [0.29, 0.717) is 12.1 Å². The van der Waals surface area contributed by atoms with Crippen LogP contribution in [0.25, 0.3) is 10.8 Å². The molecule has 0 saturated carbocycles. The van der Waals surface area contributed by atoms with Gasteiger partial charge in [0.2, 0.25) is 0 Å². The lowest BCUT2D eigenvalue weighted by atomic mass is 10.1. The van der Waals surface area contributed by atoms with E-state index in [1.807, 2.05) is 24.3 Å². The summed E-state index contributed by atoms with van der Waals surface area (Å²) < 4.78 is 5.94. The molecule has 0 aromatic heterocycles. The molecule has 0 aliphatic carbocycles. The first-order chi connectivity index (χ1) is 13.2. The molecular formula is C23H30N2O2. The van der Waals surface area contributed by atoms with Gasteiger partial charge in [0.15, 0.2) is 0 Å². The number of ether oxygens (including phenoxy) is 1. The lowest BCUT2D eigenvalue weighted by Gasteiger charge is -2.18. The zero-order chi connectivity index (χ0) is 19.1. The van der Waals surface area contributed by atoms with E-state index < -0.39 is 0 Å². The first kappa shape index (κ1) is 19.4. The fraction of sp³-hybridized carbons (Fsp3) is 0.435. The van der Waals surface area contributed by atoms with Crippen molar-refractivity contribution in [3.63, 3.8) is 0 Å². The third kappa shape index (κ3) is 4.89. The predicted octanol–water partition coefficient (Wildman–Crippen LogP) is 5.38. The predicted molar refractivity (Wildman–Crippen MR) is 112 cm³/mol. The second-order valence-electron chi connectivity index (χ2n) is 7.21. The number of carbonyl (C=O) groups excluding carboxylic acids is 1. The van der Waals surface area contributed by atoms with Crippen molar-refractivity contribution in [1.29, 1.82) is 0 Å². The van der Waals surface area contributed by atoms with Crippen molar-refractivity contribution >= 4 is 22.4 Å². The second-order valence-corrected chi connectivity index (χ2v) is 7.21. The van der Waals surface area contributed by atoms with Gasteiger partial charge in [0.25, 0.3) is 5.91 Å². The second kappa shape index (κ2) is 9.56. The molecule has 4 nitrogen and oxygen atoms in total. The minimum atomic E-state index is -0.0678. The molecule has 2 aromatic rings. The van der Waals surface area contributed by atoms with E-state index in [2.05, 4.69) is 31.1 Å². The van der Waals surface area contributed by atoms with Crippen LogP contribution in [0, 0.1) is 0 Å². The summed E-state index contributed by atoms with van der Waals surface area (Å²) >= 11 is 0. The number of unbranched alkanes of at least 4 members (excludes halogenated alkanes) is 6. The number of anilines is 1. The van der Waals surface area contributed by atoms with Crippen LogP contribution in [0.5, 0.6) is 5.75 Å². The van der Waals surface area contributed by atoms with Gasteiger partial charge >= 0.3 is 0 Å². The van der Waals surface area contributed by atoms with Crippen molar-refractivity contribution in [2.75, 3.05) is 18.2 Å². The molecule has 1 N–H and O–H groups in total. The van der Waals surface area contributed by atoms with Crippen LogP contribution in [-0.4, -0.2) is 19.1 Å². The van der Waals surface area contributed by atoms with Crippen LogP contribution in [0.3, 0.4) is 0 Å². The largest absolute Gasteiger partial charge is 0.494 e. The Hall–Kier alpha value is -2.33. The molecule has 1 aliphatic rings. The number of hydrazine groups is 1. The van der Waals surface area contributed by atoms with E-state index in [1.165, 1.54) is 38.5 Å². The topological polar surface area (TPSA) is 41.6 Å². The molecular weight excluding hydrogens is 336 g/mol. The summed E-state index contributed by atoms with van der Waals surface area (Å²) in [6.07, 6.45) is 8.96. The number of hydrogen-bond donors (Lipinski definition) is 1. The normalized spacial score (nSPS) is 14.3. The van der Waals surface area contributed by atoms with Gasteiger partial charge in [0.1, 0.15) is 5.75 Å². The Kier molecular flexibility index (Phi) is 6.88. The number of fused-ring (bicyclic) bond motifs is 1. The van der Waals surface area contributed by atoms with Crippen molar-refractivity contribution in [1.82, 2.24) is 5.43 Å². The maximum absolute atomic E-state index is 12.2. The summed E-state index contributed by atoms with van der Waals surface area (Å²) in [5, 5.41) is 3.68. The highest BCUT2D eigenvalue weighted by Crippen LogP contribution is 2.30. The van der Waals surface area contributed by atoms with E-state index in [4.69, 9.17) is 4.74 Å². The summed E-state index contributed by atoms with van der Waals surface area (Å²) in [4.78, 5) is 12.2. The molecule has 0 radical (unpaired) electrons. The summed E-state index contributed by atoms with van der Waals surface area (Å²) in [6.45, 7) is 7.30. The van der Waals surface area contributed by atoms with Gasteiger partial charge in [-0.05, 0) is 36.1 Å². The summed E-state index contributed by atoms with van der Waals surface area (Å²) in [6, 6.07) is 12.0. The maximum Gasteiger partial charge on any atom is 0.269 e. The SMILES string of the molecule is C=C1CNN(c2cccc3cc(OCCCCCCCCC)ccc23)C1=O. The van der Waals surface area contributed by atoms with E-state index in [0.717, 1.165) is 35.2 Å². The monoisotopic (exact) mass is 366 g/mol. The molecule has 1 fully saturated rings. The Bertz CT molecular complexity index is 800. The van der Waals surface area contributed by atoms with Crippen molar-refractivity contribution in [3.05, 3.63) is 48.6 Å². The van der Waals surface area contributed by atoms with Gasteiger partial charge < -0.3 is 4.74 Å². The highest BCUT2D eigenvalue weighted by molar-refractivity contribution is 6.11. The van der Waals surface area contributed by atoms with Crippen LogP contribution >= 0.6 is 0 Å². The fourth-order valence-corrected chi connectivity index (χ4v) is 3.45. The van der Waals surface area contributed by atoms with Crippen LogP contribution in [-0.2, 0) is 4.79 Å². The van der Waals surface area contributed by atoms with Crippen molar-refractivity contribution in [2.24, 2.45) is 0 Å². The first-order valence-corrected chi connectivity index (χ1v) is 10.1. The number of hydrogen-bond acceptors (Lipinski definition) is 3. The molecule has 4 heteroatoms. The quantitative estimate of drug-likeness (QED) is 0.453. The number of nitrogens with one attached hydrogen (secondary N) is 1. The van der Waals surface area contributed by atoms with Gasteiger partial charge in [0.05, 0.1) is 12.3 Å². The molecule has 1 heterocycles. The molecule has 1 saturated heterocycles. The Labute approximate surface area is 162 Å². The minimum Gasteiger partial charge on any atom is -0.494 e. The molecule has 1 amide bonds. The molecule has 0 atom stereocenters. The highest BCUT2D eigenvalue weighted by atomic mass is 16.5. The van der Waals surface area contributed by atoms with Gasteiger partial charge in [-0.2, -0.15) is 0 Å². The maximum atomic E-state index is 12.2. The van der Waals surface area contributed by atoms with Crippen LogP contribution in [0.2, 0.25) is 0 Å². The molecule has 27 heavy (non-hydrogen) atoms. The zero-order valence-corrected chi connectivity index (χ0v) is 16.3. The number of amides is 1. The third-order valence-corrected chi connectivity index (χ3v) is 5.04. The Morgan fingerprint density at radius 3 is 2.59 bits per heavy atom. The van der Waals surface area contributed by atoms with Crippen LogP contribution in [0.1, 0.15) is 51.9 Å². The summed E-state index contributed by atoms with van der Waals surface area (Å²) in [7, 11) is 0. The van der Waals surface area contributed by atoms with Gasteiger partial charge in [0, 0.05) is 17.5 Å².